The number of carbonyl (C=O) groups is 1. The summed E-state index contributed by atoms with van der Waals surface area (Å²) < 4.78 is 11.1. The number of anilines is 2. The lowest BCUT2D eigenvalue weighted by atomic mass is 10.1. The van der Waals surface area contributed by atoms with Gasteiger partial charge in [0.25, 0.3) is 6.01 Å². The van der Waals surface area contributed by atoms with E-state index in [1.807, 2.05) is 42.1 Å². The van der Waals surface area contributed by atoms with Crippen LogP contribution in [-0.2, 0) is 9.53 Å². The van der Waals surface area contributed by atoms with Crippen molar-refractivity contribution in [3.8, 4) is 0 Å². The molecule has 2 saturated heterocycles. The number of amides is 1. The number of aromatic nitrogens is 1. The molecule has 1 N–H and O–H groups in total. The molecular weight excluding hydrogens is 320 g/mol. The monoisotopic (exact) mass is 344 g/mol. The number of fused-ring (bicyclic) bond motifs is 1. The van der Waals surface area contributed by atoms with E-state index in [1.54, 1.807) is 0 Å². The SMILES string of the molecule is CN(C)c1nc2cc(NC3CCN(C4CCOCC4)C3=O)ccc2o1. The minimum absolute atomic E-state index is 0.166. The molecular formula is C18H24N4O3. The molecule has 2 aliphatic rings. The summed E-state index contributed by atoms with van der Waals surface area (Å²) in [6.45, 7) is 2.32. The Balaban J connectivity index is 1.46. The number of ether oxygens (including phenoxy) is 1. The van der Waals surface area contributed by atoms with Crippen molar-refractivity contribution in [3.63, 3.8) is 0 Å². The zero-order valence-electron chi connectivity index (χ0n) is 14.7. The Hall–Kier alpha value is -2.28. The molecule has 0 aliphatic carbocycles. The van der Waals surface area contributed by atoms with Crippen molar-refractivity contribution in [2.24, 2.45) is 0 Å². The van der Waals surface area contributed by atoms with Crippen molar-refractivity contribution < 1.29 is 13.9 Å². The predicted octanol–water partition coefficient (Wildman–Crippen LogP) is 2.09. The molecule has 0 saturated carbocycles. The predicted molar refractivity (Wildman–Crippen MR) is 95.9 cm³/mol. The third-order valence-corrected chi connectivity index (χ3v) is 4.97. The number of hydrogen-bond acceptors (Lipinski definition) is 6. The smallest absolute Gasteiger partial charge is 0.297 e. The van der Waals surface area contributed by atoms with Crippen LogP contribution in [0.15, 0.2) is 22.6 Å². The van der Waals surface area contributed by atoms with Gasteiger partial charge < -0.3 is 24.3 Å². The molecule has 4 rings (SSSR count). The first-order chi connectivity index (χ1) is 12.1. The zero-order valence-corrected chi connectivity index (χ0v) is 14.7. The molecule has 7 heteroatoms. The fraction of sp³-hybridized carbons (Fsp3) is 0.556. The van der Waals surface area contributed by atoms with Gasteiger partial charge in [0.2, 0.25) is 5.91 Å². The van der Waals surface area contributed by atoms with Crippen LogP contribution in [0.2, 0.25) is 0 Å². The Morgan fingerprint density at radius 1 is 1.24 bits per heavy atom. The van der Waals surface area contributed by atoms with Gasteiger partial charge in [-0.25, -0.2) is 0 Å². The molecule has 1 atom stereocenters. The number of hydrogen-bond donors (Lipinski definition) is 1. The lowest BCUT2D eigenvalue weighted by Crippen LogP contribution is -2.43. The van der Waals surface area contributed by atoms with E-state index in [1.165, 1.54) is 0 Å². The Labute approximate surface area is 146 Å². The van der Waals surface area contributed by atoms with Gasteiger partial charge in [0.1, 0.15) is 11.6 Å². The van der Waals surface area contributed by atoms with Crippen LogP contribution >= 0.6 is 0 Å². The van der Waals surface area contributed by atoms with E-state index in [0.717, 1.165) is 55.8 Å². The fourth-order valence-corrected chi connectivity index (χ4v) is 3.59. The second-order valence-corrected chi connectivity index (χ2v) is 6.93. The topological polar surface area (TPSA) is 70.8 Å². The molecule has 25 heavy (non-hydrogen) atoms. The van der Waals surface area contributed by atoms with E-state index >= 15 is 0 Å². The van der Waals surface area contributed by atoms with Crippen molar-refractivity contribution in [1.29, 1.82) is 0 Å². The van der Waals surface area contributed by atoms with Crippen LogP contribution in [0.4, 0.5) is 11.7 Å². The summed E-state index contributed by atoms with van der Waals surface area (Å²) >= 11 is 0. The fourth-order valence-electron chi connectivity index (χ4n) is 3.59. The number of nitrogens with zero attached hydrogens (tertiary/aromatic N) is 3. The van der Waals surface area contributed by atoms with E-state index in [-0.39, 0.29) is 11.9 Å². The van der Waals surface area contributed by atoms with E-state index in [2.05, 4.69) is 10.3 Å². The van der Waals surface area contributed by atoms with Crippen LogP contribution in [0.5, 0.6) is 0 Å². The van der Waals surface area contributed by atoms with Crippen molar-refractivity contribution in [2.45, 2.75) is 31.3 Å². The van der Waals surface area contributed by atoms with Crippen molar-refractivity contribution in [2.75, 3.05) is 44.1 Å². The zero-order chi connectivity index (χ0) is 17.4. The van der Waals surface area contributed by atoms with Gasteiger partial charge in [-0.1, -0.05) is 0 Å². The average Bonchev–Trinajstić information content (AvgIpc) is 3.20. The first-order valence-electron chi connectivity index (χ1n) is 8.84. The Morgan fingerprint density at radius 3 is 2.80 bits per heavy atom. The highest BCUT2D eigenvalue weighted by atomic mass is 16.5. The van der Waals surface area contributed by atoms with Gasteiger partial charge in [-0.3, -0.25) is 4.79 Å². The summed E-state index contributed by atoms with van der Waals surface area (Å²) in [5.41, 5.74) is 2.44. The first kappa shape index (κ1) is 16.2. The van der Waals surface area contributed by atoms with Gasteiger partial charge in [0.15, 0.2) is 5.58 Å². The van der Waals surface area contributed by atoms with Crippen LogP contribution in [0.1, 0.15) is 19.3 Å². The maximum absolute atomic E-state index is 12.7. The molecule has 7 nitrogen and oxygen atoms in total. The summed E-state index contributed by atoms with van der Waals surface area (Å²) in [6, 6.07) is 6.52. The maximum atomic E-state index is 12.7. The molecule has 2 aromatic rings. The van der Waals surface area contributed by atoms with Crippen LogP contribution < -0.4 is 10.2 Å². The number of carbonyl (C=O) groups excluding carboxylic acids is 1. The minimum atomic E-state index is -0.166. The summed E-state index contributed by atoms with van der Waals surface area (Å²) in [5, 5.41) is 3.37. The average molecular weight is 344 g/mol. The minimum Gasteiger partial charge on any atom is -0.423 e. The van der Waals surface area contributed by atoms with Gasteiger partial charge in [-0.2, -0.15) is 4.98 Å². The third-order valence-electron chi connectivity index (χ3n) is 4.97. The van der Waals surface area contributed by atoms with Crippen molar-refractivity contribution in [3.05, 3.63) is 18.2 Å². The molecule has 0 bridgehead atoms. The molecule has 2 aliphatic heterocycles. The largest absolute Gasteiger partial charge is 0.423 e. The van der Waals surface area contributed by atoms with Gasteiger partial charge in [0, 0.05) is 45.6 Å². The van der Waals surface area contributed by atoms with Gasteiger partial charge in [-0.15, -0.1) is 0 Å². The summed E-state index contributed by atoms with van der Waals surface area (Å²) in [6.07, 6.45) is 2.71. The highest BCUT2D eigenvalue weighted by Crippen LogP contribution is 2.27. The molecule has 3 heterocycles. The molecule has 1 amide bonds. The Kier molecular flexibility index (Phi) is 4.25. The van der Waals surface area contributed by atoms with Crippen LogP contribution in [0.25, 0.3) is 11.1 Å². The third kappa shape index (κ3) is 3.16. The molecule has 0 spiro atoms. The molecule has 1 aromatic carbocycles. The Bertz CT molecular complexity index is 767. The van der Waals surface area contributed by atoms with Crippen LogP contribution in [0, 0.1) is 0 Å². The number of nitrogens with one attached hydrogen (secondary N) is 1. The van der Waals surface area contributed by atoms with E-state index in [4.69, 9.17) is 9.15 Å². The van der Waals surface area contributed by atoms with Crippen molar-refractivity contribution >= 4 is 28.7 Å². The molecule has 134 valence electrons. The maximum Gasteiger partial charge on any atom is 0.297 e. The standard InChI is InChI=1S/C18H24N4O3/c1-21(2)18-20-15-11-12(3-4-16(15)25-18)19-14-5-8-22(17(14)23)13-6-9-24-10-7-13/h3-4,11,13-14,19H,5-10H2,1-2H3. The molecule has 1 aromatic heterocycles. The van der Waals surface area contributed by atoms with Crippen LogP contribution in [0.3, 0.4) is 0 Å². The quantitative estimate of drug-likeness (QED) is 0.916. The normalized spacial score (nSPS) is 21.9. The summed E-state index contributed by atoms with van der Waals surface area (Å²) in [7, 11) is 3.79. The van der Waals surface area contributed by atoms with E-state index in [9.17, 15) is 4.79 Å². The number of benzene rings is 1. The van der Waals surface area contributed by atoms with Gasteiger partial charge in [-0.05, 0) is 37.5 Å². The second-order valence-electron chi connectivity index (χ2n) is 6.93. The van der Waals surface area contributed by atoms with Crippen molar-refractivity contribution in [1.82, 2.24) is 9.88 Å². The van der Waals surface area contributed by atoms with Crippen LogP contribution in [-0.4, -0.2) is 61.7 Å². The lowest BCUT2D eigenvalue weighted by Gasteiger charge is -2.31. The van der Waals surface area contributed by atoms with Gasteiger partial charge >= 0.3 is 0 Å². The number of rotatable bonds is 4. The lowest BCUT2D eigenvalue weighted by molar-refractivity contribution is -0.131. The number of oxazole rings is 1. The second kappa shape index (κ2) is 6.55. The summed E-state index contributed by atoms with van der Waals surface area (Å²) in [5.74, 6) is 0.195. The summed E-state index contributed by atoms with van der Waals surface area (Å²) in [4.78, 5) is 21.1. The highest BCUT2D eigenvalue weighted by Gasteiger charge is 2.36. The Morgan fingerprint density at radius 2 is 2.04 bits per heavy atom. The first-order valence-corrected chi connectivity index (χ1v) is 8.84. The number of likely N-dealkylation sites (tertiary alicyclic amines) is 1. The highest BCUT2D eigenvalue weighted by molar-refractivity contribution is 5.88. The molecule has 2 fully saturated rings. The molecule has 0 radical (unpaired) electrons. The molecule has 1 unspecified atom stereocenters. The van der Waals surface area contributed by atoms with E-state index < -0.39 is 0 Å². The van der Waals surface area contributed by atoms with E-state index in [0.29, 0.717) is 12.1 Å². The van der Waals surface area contributed by atoms with Gasteiger partial charge in [0.05, 0.1) is 0 Å².